The van der Waals surface area contributed by atoms with Crippen molar-refractivity contribution in [2.75, 3.05) is 37.8 Å². The van der Waals surface area contributed by atoms with Crippen molar-refractivity contribution >= 4 is 69.1 Å². The monoisotopic (exact) mass is 973 g/mol. The molecule has 1 fully saturated rings. The van der Waals surface area contributed by atoms with Crippen molar-refractivity contribution in [1.82, 2.24) is 30.2 Å². The molecule has 3 heterocycles. The lowest BCUT2D eigenvalue weighted by atomic mass is 9.87. The Kier molecular flexibility index (Phi) is 22.1. The molecule has 24 nitrogen and oxygen atoms in total. The quantitative estimate of drug-likeness (QED) is 0.0245. The number of imidazole rings is 1. The largest absolute Gasteiger partial charge is 0.481 e. The van der Waals surface area contributed by atoms with Gasteiger partial charge in [0.2, 0.25) is 16.9 Å². The lowest BCUT2D eigenvalue weighted by molar-refractivity contribution is -0.137. The summed E-state index contributed by atoms with van der Waals surface area (Å²) in [5, 5.41) is 26.4. The predicted octanol–water partition coefficient (Wildman–Crippen LogP) is 2.92. The first-order valence-electron chi connectivity index (χ1n) is 19.9. The van der Waals surface area contributed by atoms with Crippen molar-refractivity contribution in [2.45, 2.75) is 109 Å². The summed E-state index contributed by atoms with van der Waals surface area (Å²) in [6.45, 7) is 2.68. The van der Waals surface area contributed by atoms with Gasteiger partial charge >= 0.3 is 23.5 Å². The molecule has 2 aromatic rings. The molecule has 3 rings (SSSR count). The zero-order chi connectivity index (χ0) is 46.8. The number of nitrogens with two attached hydrogens (primary N) is 1. The second kappa shape index (κ2) is 25.7. The molecule has 0 bridgehead atoms. The van der Waals surface area contributed by atoms with Crippen molar-refractivity contribution in [2.24, 2.45) is 5.41 Å². The summed E-state index contributed by atoms with van der Waals surface area (Å²) in [7, 11) is -16.4. The highest BCUT2D eigenvalue weighted by Gasteiger charge is 2.50. The minimum Gasteiger partial charge on any atom is -0.386 e. The molecular formula is C35H58N7O17P3S. The summed E-state index contributed by atoms with van der Waals surface area (Å²) in [5.41, 5.74) is 4.27. The van der Waals surface area contributed by atoms with E-state index in [0.29, 0.717) is 5.75 Å². The Morgan fingerprint density at radius 3 is 2.35 bits per heavy atom. The molecule has 7 atom stereocenters. The number of aliphatic hydroxyl groups excluding tert-OH is 2. The minimum atomic E-state index is -5.58. The number of nitrogens with zero attached hydrogens (tertiary/aromatic N) is 4. The molecule has 63 heavy (non-hydrogen) atoms. The Balaban J connectivity index is 1.38. The fourth-order valence-corrected chi connectivity index (χ4v) is 9.21. The van der Waals surface area contributed by atoms with Gasteiger partial charge in [0, 0.05) is 30.7 Å². The Bertz CT molecular complexity index is 2020. The number of phosphoric acid groups is 3. The van der Waals surface area contributed by atoms with Crippen LogP contribution in [0.15, 0.2) is 37.0 Å². The van der Waals surface area contributed by atoms with Crippen LogP contribution in [0.3, 0.4) is 0 Å². The number of nitrogen functional groups attached to an aromatic ring is 1. The molecule has 28 heteroatoms. The van der Waals surface area contributed by atoms with Gasteiger partial charge in [-0.3, -0.25) is 32.5 Å². The van der Waals surface area contributed by atoms with E-state index in [4.69, 9.17) is 19.5 Å². The molecule has 0 aliphatic carbocycles. The third kappa shape index (κ3) is 19.2. The van der Waals surface area contributed by atoms with Crippen molar-refractivity contribution in [3.05, 3.63) is 37.0 Å². The number of amides is 2. The first-order valence-corrected chi connectivity index (χ1v) is 25.4. The molecule has 10 N–H and O–H groups in total. The van der Waals surface area contributed by atoms with Gasteiger partial charge in [0.05, 0.1) is 19.5 Å². The van der Waals surface area contributed by atoms with Crippen LogP contribution in [0.4, 0.5) is 5.82 Å². The van der Waals surface area contributed by atoms with Gasteiger partial charge in [-0.05, 0) is 38.2 Å². The van der Waals surface area contributed by atoms with Crippen LogP contribution in [0.2, 0.25) is 0 Å². The third-order valence-electron chi connectivity index (χ3n) is 9.13. The normalized spacial score (nSPS) is 20.8. The number of nitrogens with one attached hydrogen (secondary N) is 2. The van der Waals surface area contributed by atoms with Gasteiger partial charge in [-0.1, -0.05) is 70.0 Å². The number of anilines is 1. The summed E-state index contributed by atoms with van der Waals surface area (Å²) >= 11 is 1.05. The maximum atomic E-state index is 12.7. The van der Waals surface area contributed by atoms with Crippen molar-refractivity contribution in [1.29, 1.82) is 0 Å². The standard InChI is InChI=1S/C35H58N7O17P3S/c1-4-5-6-7-8-9-10-11-12-13-14-15-26(44)63-19-18-37-25(43)16-17-38-33(47)30(46)35(2,3)21-56-62(53,54)59-61(51,52)55-20-24-29(58-60(48,49)50)28(45)34(57-24)42-23-41-27-31(36)39-22-40-32(27)42/h9-10,14-15,22-24,28-30,34,45-46H,4-8,11-13,16-21H2,1-3H3,(H,37,43)(H,38,47)(H,51,52)(H,53,54)(H2,36,39,40)(H2,48,49,50)/b10-9-,15-14+/t24-,28-,29-,30+,34-/m1/s1. The number of phosphoric ester groups is 3. The molecule has 0 saturated carbocycles. The Labute approximate surface area is 368 Å². The number of carbonyl (C=O) groups excluding carboxylic acids is 3. The molecule has 1 saturated heterocycles. The van der Waals surface area contributed by atoms with Crippen LogP contribution in [0.25, 0.3) is 11.2 Å². The van der Waals surface area contributed by atoms with Crippen molar-refractivity contribution in [3.8, 4) is 0 Å². The number of ether oxygens (including phenoxy) is 1. The first-order chi connectivity index (χ1) is 29.6. The summed E-state index contributed by atoms with van der Waals surface area (Å²) < 4.78 is 62.3. The maximum Gasteiger partial charge on any atom is 0.481 e. The Morgan fingerprint density at radius 1 is 0.968 bits per heavy atom. The molecule has 0 radical (unpaired) electrons. The van der Waals surface area contributed by atoms with Crippen molar-refractivity contribution < 1.29 is 80.5 Å². The number of rotatable bonds is 29. The minimum absolute atomic E-state index is 0.0309. The fourth-order valence-electron chi connectivity index (χ4n) is 5.79. The van der Waals surface area contributed by atoms with Gasteiger partial charge < -0.3 is 50.9 Å². The van der Waals surface area contributed by atoms with Gasteiger partial charge in [-0.15, -0.1) is 0 Å². The number of thioether (sulfide) groups is 1. The SMILES string of the molecule is CCCCCC/C=C\CCC/C=C/C(=O)SCCNC(=O)CCNC(=O)[C@H](O)C(C)(C)COP(=O)(O)OP(=O)(O)OC[C@H]1O[C@@H](n2cnc3c(N)ncnc32)[C@H](O)[C@@H]1OP(=O)(O)O. The van der Waals surface area contributed by atoms with Crippen LogP contribution >= 0.6 is 35.2 Å². The molecule has 1 aliphatic heterocycles. The lowest BCUT2D eigenvalue weighted by Gasteiger charge is -2.30. The molecular weight excluding hydrogens is 915 g/mol. The van der Waals surface area contributed by atoms with Crippen LogP contribution in [0.1, 0.15) is 84.8 Å². The maximum absolute atomic E-state index is 12.7. The Morgan fingerprint density at radius 2 is 1.65 bits per heavy atom. The van der Waals surface area contributed by atoms with E-state index in [9.17, 15) is 57.9 Å². The number of aromatic nitrogens is 4. The average molecular weight is 974 g/mol. The summed E-state index contributed by atoms with van der Waals surface area (Å²) in [6, 6.07) is 0. The number of hydrogen-bond acceptors (Lipinski definition) is 18. The second-order valence-corrected chi connectivity index (χ2v) is 20.2. The highest BCUT2D eigenvalue weighted by Crippen LogP contribution is 2.61. The van der Waals surface area contributed by atoms with Gasteiger partial charge in [0.25, 0.3) is 0 Å². The van der Waals surface area contributed by atoms with E-state index in [1.807, 2.05) is 6.08 Å². The summed E-state index contributed by atoms with van der Waals surface area (Å²) in [5.74, 6) is -1.12. The molecule has 2 amide bonds. The van der Waals surface area contributed by atoms with Gasteiger partial charge in [0.1, 0.15) is 36.3 Å². The fraction of sp³-hybridized carbons (Fsp3) is 0.657. The molecule has 2 unspecified atom stereocenters. The van der Waals surface area contributed by atoms with E-state index in [-0.39, 0.29) is 41.6 Å². The highest BCUT2D eigenvalue weighted by atomic mass is 32.2. The van der Waals surface area contributed by atoms with Crippen LogP contribution in [0, 0.1) is 5.41 Å². The molecule has 1 aliphatic rings. The van der Waals surface area contributed by atoms with Crippen LogP contribution in [0.5, 0.6) is 0 Å². The van der Waals surface area contributed by atoms with E-state index in [1.165, 1.54) is 45.6 Å². The van der Waals surface area contributed by atoms with Gasteiger partial charge in [-0.25, -0.2) is 28.6 Å². The topological polar surface area (TPSA) is 364 Å². The Hall–Kier alpha value is -2.96. The van der Waals surface area contributed by atoms with Crippen molar-refractivity contribution in [3.63, 3.8) is 0 Å². The van der Waals surface area contributed by atoms with Gasteiger partial charge in [0.15, 0.2) is 17.7 Å². The number of fused-ring (bicyclic) bond motifs is 1. The average Bonchev–Trinajstić information content (AvgIpc) is 3.76. The van der Waals surface area contributed by atoms with E-state index in [0.717, 1.165) is 54.7 Å². The van der Waals surface area contributed by atoms with Gasteiger partial charge in [-0.2, -0.15) is 4.31 Å². The molecule has 0 spiro atoms. The number of unbranched alkanes of at least 4 members (excludes halogenated alkanes) is 6. The third-order valence-corrected chi connectivity index (χ3v) is 13.1. The van der Waals surface area contributed by atoms with Crippen LogP contribution in [-0.4, -0.2) is 123 Å². The summed E-state index contributed by atoms with van der Waals surface area (Å²) in [6.07, 6.45) is 9.53. The lowest BCUT2D eigenvalue weighted by Crippen LogP contribution is -2.46. The highest BCUT2D eigenvalue weighted by molar-refractivity contribution is 8.14. The molecule has 0 aromatic carbocycles. The second-order valence-electron chi connectivity index (χ2n) is 14.9. The van der Waals surface area contributed by atoms with Crippen LogP contribution < -0.4 is 16.4 Å². The summed E-state index contributed by atoms with van der Waals surface area (Å²) in [4.78, 5) is 88.0. The zero-order valence-electron chi connectivity index (χ0n) is 35.0. The zero-order valence-corrected chi connectivity index (χ0v) is 38.5. The van der Waals surface area contributed by atoms with E-state index in [1.54, 1.807) is 0 Å². The van der Waals surface area contributed by atoms with E-state index in [2.05, 4.69) is 53.5 Å². The molecule has 356 valence electrons. The van der Waals surface area contributed by atoms with E-state index < -0.39 is 84.6 Å². The van der Waals surface area contributed by atoms with Crippen LogP contribution in [-0.2, 0) is 50.7 Å². The van der Waals surface area contributed by atoms with E-state index >= 15 is 0 Å². The number of allylic oxidation sites excluding steroid dienone is 3. The predicted molar refractivity (Wildman–Crippen MR) is 228 cm³/mol. The number of carbonyl (C=O) groups is 3. The number of aliphatic hydroxyl groups is 2. The molecule has 2 aromatic heterocycles. The first kappa shape index (κ1) is 54.4. The smallest absolute Gasteiger partial charge is 0.386 e. The number of hydrogen-bond donors (Lipinski definition) is 9.